The molecule has 0 aliphatic carbocycles. The summed E-state index contributed by atoms with van der Waals surface area (Å²) in [5.74, 6) is -1.47. The van der Waals surface area contributed by atoms with E-state index in [2.05, 4.69) is 6.92 Å². The summed E-state index contributed by atoms with van der Waals surface area (Å²) in [7, 11) is 0. The molecule has 0 bridgehead atoms. The first-order valence-corrected chi connectivity index (χ1v) is 9.96. The van der Waals surface area contributed by atoms with Crippen molar-refractivity contribution in [2.45, 2.75) is 66.3 Å². The number of amides is 1. The Hall–Kier alpha value is -1.82. The van der Waals surface area contributed by atoms with Crippen molar-refractivity contribution in [3.63, 3.8) is 0 Å². The average Bonchev–Trinajstić information content (AvgIpc) is 2.59. The topological polar surface area (TPSA) is 74.7 Å². The fraction of sp³-hybridized carbons (Fsp3) is 0.550. The van der Waals surface area contributed by atoms with Crippen LogP contribution in [0.4, 0.5) is 5.69 Å². The molecular formula is C20H29NO4S. The molecular weight excluding hydrogens is 350 g/mol. The molecule has 5 nitrogen and oxygen atoms in total. The second kappa shape index (κ2) is 10.4. The van der Waals surface area contributed by atoms with E-state index in [0.29, 0.717) is 12.1 Å². The molecule has 0 aliphatic heterocycles. The molecule has 1 amide bonds. The van der Waals surface area contributed by atoms with Gasteiger partial charge in [-0.15, -0.1) is 0 Å². The molecule has 0 saturated heterocycles. The number of aliphatic carboxylic acids is 1. The van der Waals surface area contributed by atoms with E-state index in [9.17, 15) is 19.5 Å². The third kappa shape index (κ3) is 5.87. The maximum absolute atomic E-state index is 12.8. The minimum absolute atomic E-state index is 0.0209. The largest absolute Gasteiger partial charge is 0.480 e. The van der Waals surface area contributed by atoms with Gasteiger partial charge in [0.1, 0.15) is 6.04 Å². The second-order valence-corrected chi connectivity index (χ2v) is 7.60. The van der Waals surface area contributed by atoms with Gasteiger partial charge in [0.25, 0.3) is 0 Å². The van der Waals surface area contributed by atoms with Gasteiger partial charge in [-0.3, -0.25) is 14.5 Å². The zero-order valence-electron chi connectivity index (χ0n) is 16.3. The number of aryl methyl sites for hydroxylation is 2. The van der Waals surface area contributed by atoms with Gasteiger partial charge in [0.05, 0.1) is 11.4 Å². The molecule has 0 saturated carbocycles. The molecule has 6 heteroatoms. The molecule has 0 fully saturated rings. The van der Waals surface area contributed by atoms with Crippen molar-refractivity contribution in [3.05, 3.63) is 28.8 Å². The van der Waals surface area contributed by atoms with E-state index in [-0.39, 0.29) is 16.8 Å². The number of thioether (sulfide) groups is 1. The van der Waals surface area contributed by atoms with E-state index in [1.807, 2.05) is 32.9 Å². The van der Waals surface area contributed by atoms with Gasteiger partial charge in [-0.25, -0.2) is 4.79 Å². The molecule has 0 aliphatic rings. The Morgan fingerprint density at radius 2 is 1.73 bits per heavy atom. The van der Waals surface area contributed by atoms with E-state index in [4.69, 9.17) is 0 Å². The Morgan fingerprint density at radius 1 is 1.12 bits per heavy atom. The third-order valence-corrected chi connectivity index (χ3v) is 5.42. The summed E-state index contributed by atoms with van der Waals surface area (Å²) in [6.45, 7) is 9.24. The summed E-state index contributed by atoms with van der Waals surface area (Å²) in [5.41, 5.74) is 3.34. The molecule has 1 N–H and O–H groups in total. The van der Waals surface area contributed by atoms with Gasteiger partial charge in [0, 0.05) is 6.42 Å². The fourth-order valence-electron chi connectivity index (χ4n) is 2.76. The second-order valence-electron chi connectivity index (χ2n) is 6.57. The van der Waals surface area contributed by atoms with Crippen molar-refractivity contribution in [2.24, 2.45) is 0 Å². The Bertz CT molecular complexity index is 672. The molecule has 144 valence electrons. The zero-order chi connectivity index (χ0) is 19.9. The van der Waals surface area contributed by atoms with Crippen LogP contribution in [0.3, 0.4) is 0 Å². The lowest BCUT2D eigenvalue weighted by Gasteiger charge is -2.30. The standard InChI is InChI=1S/C20H29NO4S/c1-6-7-8-9-18(23)26-12-17(22)21(16(5)20(24)25)19-14(3)11-10-13(2)15(19)4/h10-11,16H,6-9,12H2,1-5H3,(H,24,25). The predicted octanol–water partition coefficient (Wildman–Crippen LogP) is 4.26. The molecule has 0 spiro atoms. The van der Waals surface area contributed by atoms with Crippen LogP contribution < -0.4 is 4.90 Å². The van der Waals surface area contributed by atoms with Crippen molar-refractivity contribution < 1.29 is 19.5 Å². The number of benzene rings is 1. The molecule has 1 rings (SSSR count). The van der Waals surface area contributed by atoms with E-state index in [1.165, 1.54) is 11.8 Å². The number of rotatable bonds is 9. The van der Waals surface area contributed by atoms with E-state index < -0.39 is 12.0 Å². The van der Waals surface area contributed by atoms with Crippen LogP contribution in [-0.4, -0.2) is 33.9 Å². The van der Waals surface area contributed by atoms with E-state index in [0.717, 1.165) is 47.7 Å². The van der Waals surface area contributed by atoms with Crippen LogP contribution in [0, 0.1) is 20.8 Å². The number of carboxylic acid groups (broad SMARTS) is 1. The van der Waals surface area contributed by atoms with Crippen LogP contribution in [0.1, 0.15) is 56.2 Å². The highest BCUT2D eigenvalue weighted by Crippen LogP contribution is 2.30. The zero-order valence-corrected chi connectivity index (χ0v) is 17.1. The normalized spacial score (nSPS) is 11.9. The SMILES string of the molecule is CCCCCC(=O)SCC(=O)N(c1c(C)ccc(C)c1C)C(C)C(=O)O. The maximum Gasteiger partial charge on any atom is 0.326 e. The van der Waals surface area contributed by atoms with Gasteiger partial charge in [-0.05, 0) is 50.8 Å². The van der Waals surface area contributed by atoms with Crippen LogP contribution in [0.2, 0.25) is 0 Å². The minimum Gasteiger partial charge on any atom is -0.480 e. The molecule has 1 unspecified atom stereocenters. The highest BCUT2D eigenvalue weighted by atomic mass is 32.2. The predicted molar refractivity (Wildman–Crippen MR) is 107 cm³/mol. The maximum atomic E-state index is 12.8. The van der Waals surface area contributed by atoms with Gasteiger partial charge in [-0.1, -0.05) is 43.7 Å². The van der Waals surface area contributed by atoms with Gasteiger partial charge in [0.15, 0.2) is 5.12 Å². The summed E-state index contributed by atoms with van der Waals surface area (Å²) in [4.78, 5) is 37.7. The fourth-order valence-corrected chi connectivity index (χ4v) is 3.47. The number of carbonyl (C=O) groups excluding carboxylic acids is 2. The van der Waals surface area contributed by atoms with Crippen molar-refractivity contribution in [3.8, 4) is 0 Å². The summed E-state index contributed by atoms with van der Waals surface area (Å²) in [6, 6.07) is 2.83. The van der Waals surface area contributed by atoms with Crippen LogP contribution >= 0.6 is 11.8 Å². The first-order valence-electron chi connectivity index (χ1n) is 8.98. The first kappa shape index (κ1) is 22.2. The van der Waals surface area contributed by atoms with Gasteiger partial charge in [0.2, 0.25) is 5.91 Å². The quantitative estimate of drug-likeness (QED) is 0.649. The van der Waals surface area contributed by atoms with Gasteiger partial charge < -0.3 is 5.11 Å². The average molecular weight is 380 g/mol. The monoisotopic (exact) mass is 379 g/mol. The minimum atomic E-state index is -1.07. The molecule has 0 heterocycles. The van der Waals surface area contributed by atoms with Crippen LogP contribution in [0.25, 0.3) is 0 Å². The lowest BCUT2D eigenvalue weighted by atomic mass is 10.0. The highest BCUT2D eigenvalue weighted by molar-refractivity contribution is 8.14. The molecule has 0 aromatic heterocycles. The smallest absolute Gasteiger partial charge is 0.326 e. The van der Waals surface area contributed by atoms with Crippen LogP contribution in [0.15, 0.2) is 12.1 Å². The van der Waals surface area contributed by atoms with Crippen LogP contribution in [-0.2, 0) is 14.4 Å². The summed E-state index contributed by atoms with van der Waals surface area (Å²) < 4.78 is 0. The number of nitrogens with zero attached hydrogens (tertiary/aromatic N) is 1. The number of unbranched alkanes of at least 4 members (excludes halogenated alkanes) is 2. The van der Waals surface area contributed by atoms with Crippen molar-refractivity contribution in [1.29, 1.82) is 0 Å². The number of hydrogen-bond acceptors (Lipinski definition) is 4. The summed E-state index contributed by atoms with van der Waals surface area (Å²) >= 11 is 0.980. The number of anilines is 1. The summed E-state index contributed by atoms with van der Waals surface area (Å²) in [6.07, 6.45) is 3.29. The molecule has 0 radical (unpaired) electrons. The summed E-state index contributed by atoms with van der Waals surface area (Å²) in [5, 5.41) is 9.45. The molecule has 1 atom stereocenters. The van der Waals surface area contributed by atoms with Crippen LogP contribution in [0.5, 0.6) is 0 Å². The van der Waals surface area contributed by atoms with Crippen molar-refractivity contribution in [2.75, 3.05) is 10.7 Å². The van der Waals surface area contributed by atoms with Gasteiger partial charge in [-0.2, -0.15) is 0 Å². The number of hydrogen-bond donors (Lipinski definition) is 1. The Balaban J connectivity index is 3.02. The Labute approximate surface area is 160 Å². The van der Waals surface area contributed by atoms with E-state index in [1.54, 1.807) is 0 Å². The Morgan fingerprint density at radius 3 is 2.31 bits per heavy atom. The van der Waals surface area contributed by atoms with Crippen molar-refractivity contribution >= 4 is 34.4 Å². The lowest BCUT2D eigenvalue weighted by Crippen LogP contribution is -2.45. The van der Waals surface area contributed by atoms with Crippen molar-refractivity contribution in [1.82, 2.24) is 0 Å². The number of carboxylic acids is 1. The lowest BCUT2D eigenvalue weighted by molar-refractivity contribution is -0.139. The third-order valence-electron chi connectivity index (χ3n) is 4.50. The highest BCUT2D eigenvalue weighted by Gasteiger charge is 2.30. The Kier molecular flexibility index (Phi) is 8.85. The number of carbonyl (C=O) groups is 3. The molecule has 1 aromatic rings. The van der Waals surface area contributed by atoms with E-state index >= 15 is 0 Å². The first-order chi connectivity index (χ1) is 12.2. The van der Waals surface area contributed by atoms with Gasteiger partial charge >= 0.3 is 5.97 Å². The molecule has 1 aromatic carbocycles. The molecule has 26 heavy (non-hydrogen) atoms.